The summed E-state index contributed by atoms with van der Waals surface area (Å²) in [5.74, 6) is 1.49. The lowest BCUT2D eigenvalue weighted by Gasteiger charge is -2.28. The second kappa shape index (κ2) is 7.04. The van der Waals surface area contributed by atoms with Crippen LogP contribution >= 0.6 is 0 Å². The highest BCUT2D eigenvalue weighted by Crippen LogP contribution is 2.31. The summed E-state index contributed by atoms with van der Waals surface area (Å²) in [5.41, 5.74) is -0.123. The van der Waals surface area contributed by atoms with E-state index in [2.05, 4.69) is 26.1 Å². The van der Waals surface area contributed by atoms with Crippen molar-refractivity contribution in [3.05, 3.63) is 0 Å². The fourth-order valence-electron chi connectivity index (χ4n) is 2.66. The Balaban J connectivity index is 2.57. The zero-order valence-electron chi connectivity index (χ0n) is 12.7. The molecule has 4 nitrogen and oxygen atoms in total. The van der Waals surface area contributed by atoms with Crippen molar-refractivity contribution in [2.75, 3.05) is 31.7 Å². The normalized spacial score (nSPS) is 24.5. The summed E-state index contributed by atoms with van der Waals surface area (Å²) in [4.78, 5) is 0. The van der Waals surface area contributed by atoms with Gasteiger partial charge in [-0.2, -0.15) is 0 Å². The third kappa shape index (κ3) is 5.79. The zero-order valence-corrected chi connectivity index (χ0v) is 13.6. The van der Waals surface area contributed by atoms with Gasteiger partial charge in [-0.05, 0) is 58.0 Å². The van der Waals surface area contributed by atoms with Gasteiger partial charge in [0.15, 0.2) is 9.84 Å². The number of hydrogen-bond acceptors (Lipinski definition) is 4. The molecule has 0 aromatic carbocycles. The molecule has 1 aliphatic rings. The molecular weight excluding hydrogens is 262 g/mol. The topological polar surface area (TPSA) is 55.4 Å². The Morgan fingerprint density at radius 1 is 1.42 bits per heavy atom. The fourth-order valence-corrected chi connectivity index (χ4v) is 4.58. The Morgan fingerprint density at radius 3 is 2.58 bits per heavy atom. The molecule has 19 heavy (non-hydrogen) atoms. The minimum Gasteiger partial charge on any atom is -0.379 e. The fraction of sp³-hybridized carbons (Fsp3) is 1.00. The molecular formula is C14H29NO3S. The molecule has 0 aromatic rings. The van der Waals surface area contributed by atoms with Crippen molar-refractivity contribution in [2.45, 2.75) is 45.6 Å². The van der Waals surface area contributed by atoms with Crippen molar-refractivity contribution < 1.29 is 13.2 Å². The molecule has 5 heteroatoms. The third-order valence-electron chi connectivity index (χ3n) is 4.26. The maximum atomic E-state index is 11.6. The van der Waals surface area contributed by atoms with Gasteiger partial charge in [-0.25, -0.2) is 8.42 Å². The van der Waals surface area contributed by atoms with Crippen LogP contribution in [0.15, 0.2) is 0 Å². The van der Waals surface area contributed by atoms with Crippen molar-refractivity contribution in [1.82, 2.24) is 5.32 Å². The Bertz CT molecular complexity index is 365. The first-order valence-electron chi connectivity index (χ1n) is 7.26. The molecule has 1 aliphatic heterocycles. The number of nitrogens with one attached hydrogen (secondary N) is 1. The van der Waals surface area contributed by atoms with Gasteiger partial charge in [-0.3, -0.25) is 0 Å². The third-order valence-corrected chi connectivity index (χ3v) is 6.05. The van der Waals surface area contributed by atoms with Crippen LogP contribution in [0.25, 0.3) is 0 Å². The molecule has 2 atom stereocenters. The molecule has 1 rings (SSSR count). The summed E-state index contributed by atoms with van der Waals surface area (Å²) < 4.78 is 28.7. The Morgan fingerprint density at radius 2 is 2.11 bits per heavy atom. The van der Waals surface area contributed by atoms with Crippen molar-refractivity contribution in [3.63, 3.8) is 0 Å². The van der Waals surface area contributed by atoms with E-state index >= 15 is 0 Å². The van der Waals surface area contributed by atoms with E-state index in [0.717, 1.165) is 32.4 Å². The maximum Gasteiger partial charge on any atom is 0.150 e. The summed E-state index contributed by atoms with van der Waals surface area (Å²) >= 11 is 0. The van der Waals surface area contributed by atoms with Gasteiger partial charge in [0.05, 0.1) is 17.1 Å². The second-order valence-corrected chi connectivity index (χ2v) is 8.46. The molecule has 114 valence electrons. The molecule has 0 radical (unpaired) electrons. The highest BCUT2D eigenvalue weighted by Gasteiger charge is 2.34. The molecule has 0 saturated carbocycles. The molecule has 0 aliphatic carbocycles. The van der Waals surface area contributed by atoms with Crippen LogP contribution in [0.5, 0.6) is 0 Å². The number of rotatable bonds is 8. The van der Waals surface area contributed by atoms with Gasteiger partial charge in [0.25, 0.3) is 0 Å². The van der Waals surface area contributed by atoms with E-state index in [-0.39, 0.29) is 5.60 Å². The predicted molar refractivity (Wildman–Crippen MR) is 79.1 cm³/mol. The van der Waals surface area contributed by atoms with Crippen molar-refractivity contribution in [2.24, 2.45) is 11.8 Å². The van der Waals surface area contributed by atoms with Gasteiger partial charge < -0.3 is 10.1 Å². The minimum atomic E-state index is -2.78. The Kier molecular flexibility index (Phi) is 6.27. The van der Waals surface area contributed by atoms with Crippen LogP contribution in [0.2, 0.25) is 0 Å². The highest BCUT2D eigenvalue weighted by molar-refractivity contribution is 7.91. The molecule has 0 spiro atoms. The Labute approximate surface area is 118 Å². The SMILES string of the molecule is CCNCC(CCC(C)(C)OC)C1CCS(=O)(=O)C1. The van der Waals surface area contributed by atoms with E-state index in [0.29, 0.717) is 23.3 Å². The zero-order chi connectivity index (χ0) is 14.5. The molecule has 2 unspecified atom stereocenters. The van der Waals surface area contributed by atoms with Crippen LogP contribution in [0.4, 0.5) is 0 Å². The first-order chi connectivity index (χ1) is 8.79. The van der Waals surface area contributed by atoms with Gasteiger partial charge in [0.2, 0.25) is 0 Å². The molecule has 0 bridgehead atoms. The molecule has 0 aromatic heterocycles. The smallest absolute Gasteiger partial charge is 0.150 e. The lowest BCUT2D eigenvalue weighted by Crippen LogP contribution is -2.32. The number of methoxy groups -OCH3 is 1. The van der Waals surface area contributed by atoms with E-state index in [1.165, 1.54) is 0 Å². The first-order valence-corrected chi connectivity index (χ1v) is 9.08. The molecule has 1 fully saturated rings. The molecule has 1 N–H and O–H groups in total. The average Bonchev–Trinajstić information content (AvgIpc) is 2.70. The lowest BCUT2D eigenvalue weighted by atomic mass is 9.85. The average molecular weight is 291 g/mol. The predicted octanol–water partition coefficient (Wildman–Crippen LogP) is 1.85. The van der Waals surface area contributed by atoms with E-state index in [1.54, 1.807) is 7.11 Å². The number of sulfone groups is 1. The summed E-state index contributed by atoms with van der Waals surface area (Å²) in [6, 6.07) is 0. The van der Waals surface area contributed by atoms with Crippen molar-refractivity contribution in [1.29, 1.82) is 0 Å². The second-order valence-electron chi connectivity index (χ2n) is 6.23. The summed E-state index contributed by atoms with van der Waals surface area (Å²) in [7, 11) is -1.05. The molecule has 1 saturated heterocycles. The van der Waals surface area contributed by atoms with Crippen LogP contribution in [0.3, 0.4) is 0 Å². The van der Waals surface area contributed by atoms with Gasteiger partial charge >= 0.3 is 0 Å². The van der Waals surface area contributed by atoms with Gasteiger partial charge in [0.1, 0.15) is 0 Å². The first kappa shape index (κ1) is 16.9. The standard InChI is InChI=1S/C14H29NO3S/c1-5-15-10-12(6-8-14(2,3)18-4)13-7-9-19(16,17)11-13/h12-13,15H,5-11H2,1-4H3. The van der Waals surface area contributed by atoms with Gasteiger partial charge in [-0.15, -0.1) is 0 Å². The van der Waals surface area contributed by atoms with Crippen LogP contribution in [0.1, 0.15) is 40.0 Å². The van der Waals surface area contributed by atoms with Crippen molar-refractivity contribution >= 4 is 9.84 Å². The van der Waals surface area contributed by atoms with E-state index < -0.39 is 9.84 Å². The van der Waals surface area contributed by atoms with Crippen LogP contribution < -0.4 is 5.32 Å². The number of hydrogen-bond donors (Lipinski definition) is 1. The largest absolute Gasteiger partial charge is 0.379 e. The van der Waals surface area contributed by atoms with Crippen LogP contribution in [-0.2, 0) is 14.6 Å². The van der Waals surface area contributed by atoms with E-state index in [4.69, 9.17) is 4.74 Å². The van der Waals surface area contributed by atoms with Crippen LogP contribution in [0, 0.1) is 11.8 Å². The molecule has 1 heterocycles. The monoisotopic (exact) mass is 291 g/mol. The minimum absolute atomic E-state index is 0.123. The summed E-state index contributed by atoms with van der Waals surface area (Å²) in [6.45, 7) is 8.10. The summed E-state index contributed by atoms with van der Waals surface area (Å²) in [5, 5.41) is 3.37. The highest BCUT2D eigenvalue weighted by atomic mass is 32.2. The number of ether oxygens (including phenoxy) is 1. The van der Waals surface area contributed by atoms with Crippen molar-refractivity contribution in [3.8, 4) is 0 Å². The molecule has 0 amide bonds. The quantitative estimate of drug-likeness (QED) is 0.741. The van der Waals surface area contributed by atoms with E-state index in [1.807, 2.05) is 0 Å². The van der Waals surface area contributed by atoms with Gasteiger partial charge in [-0.1, -0.05) is 6.92 Å². The Hall–Kier alpha value is -0.130. The van der Waals surface area contributed by atoms with Crippen LogP contribution in [-0.4, -0.2) is 45.7 Å². The maximum absolute atomic E-state index is 11.6. The van der Waals surface area contributed by atoms with Gasteiger partial charge in [0, 0.05) is 7.11 Å². The summed E-state index contributed by atoms with van der Waals surface area (Å²) in [6.07, 6.45) is 2.82. The lowest BCUT2D eigenvalue weighted by molar-refractivity contribution is 0.00863. The van der Waals surface area contributed by atoms with E-state index in [9.17, 15) is 8.42 Å².